The number of nitrogens with two attached hydrogens (primary N) is 1. The van der Waals surface area contributed by atoms with E-state index in [4.69, 9.17) is 10.2 Å². The molecular formula is C11H21N3O. The molecule has 0 aliphatic carbocycles. The van der Waals surface area contributed by atoms with E-state index in [9.17, 15) is 0 Å². The van der Waals surface area contributed by atoms with Crippen LogP contribution in [0.25, 0.3) is 0 Å². The summed E-state index contributed by atoms with van der Waals surface area (Å²) < 4.78 is 5.61. The van der Waals surface area contributed by atoms with Gasteiger partial charge in [0.2, 0.25) is 0 Å². The van der Waals surface area contributed by atoms with E-state index in [1.807, 2.05) is 13.8 Å². The number of likely N-dealkylation sites (N-methyl/N-ethyl adjacent to an activating group) is 1. The van der Waals surface area contributed by atoms with Gasteiger partial charge < -0.3 is 10.2 Å². The van der Waals surface area contributed by atoms with Crippen LogP contribution in [0.5, 0.6) is 0 Å². The van der Waals surface area contributed by atoms with E-state index in [-0.39, 0.29) is 6.04 Å². The van der Waals surface area contributed by atoms with Crippen molar-refractivity contribution in [1.82, 2.24) is 9.88 Å². The number of aromatic nitrogens is 1. The predicted molar refractivity (Wildman–Crippen MR) is 60.7 cm³/mol. The van der Waals surface area contributed by atoms with Crippen molar-refractivity contribution in [3.8, 4) is 0 Å². The molecule has 4 nitrogen and oxygen atoms in total. The second kappa shape index (κ2) is 5.28. The zero-order valence-electron chi connectivity index (χ0n) is 10.1. The molecule has 1 unspecified atom stereocenters. The van der Waals surface area contributed by atoms with Gasteiger partial charge in [0.1, 0.15) is 5.76 Å². The number of aryl methyl sites for hydroxylation is 2. The molecule has 0 amide bonds. The van der Waals surface area contributed by atoms with Gasteiger partial charge in [-0.05, 0) is 20.4 Å². The predicted octanol–water partition coefficient (Wildman–Crippen LogP) is 1.63. The summed E-state index contributed by atoms with van der Waals surface area (Å²) in [5.74, 6) is 1.70. The maximum Gasteiger partial charge on any atom is 0.191 e. The molecule has 1 aromatic rings. The maximum atomic E-state index is 5.61. The van der Waals surface area contributed by atoms with Crippen LogP contribution in [0, 0.1) is 13.8 Å². The molecule has 0 aliphatic rings. The molecule has 0 spiro atoms. The Morgan fingerprint density at radius 3 is 2.53 bits per heavy atom. The molecule has 1 aromatic heterocycles. The Labute approximate surface area is 91.5 Å². The Balaban J connectivity index is 2.81. The van der Waals surface area contributed by atoms with Gasteiger partial charge in [-0.25, -0.2) is 4.98 Å². The molecule has 2 N–H and O–H groups in total. The molecule has 1 heterocycles. The van der Waals surface area contributed by atoms with Crippen molar-refractivity contribution in [3.63, 3.8) is 0 Å². The highest BCUT2D eigenvalue weighted by molar-refractivity contribution is 5.11. The van der Waals surface area contributed by atoms with E-state index in [0.717, 1.165) is 30.4 Å². The normalized spacial score (nSPS) is 13.5. The van der Waals surface area contributed by atoms with Crippen molar-refractivity contribution >= 4 is 0 Å². The van der Waals surface area contributed by atoms with E-state index < -0.39 is 0 Å². The van der Waals surface area contributed by atoms with Crippen LogP contribution in [0.3, 0.4) is 0 Å². The van der Waals surface area contributed by atoms with E-state index in [2.05, 4.69) is 23.7 Å². The number of hydrogen-bond acceptors (Lipinski definition) is 4. The summed E-state index contributed by atoms with van der Waals surface area (Å²) in [6, 6.07) is 0.250. The van der Waals surface area contributed by atoms with Crippen molar-refractivity contribution in [1.29, 1.82) is 0 Å². The molecule has 0 saturated carbocycles. The lowest BCUT2D eigenvalue weighted by Gasteiger charge is -2.25. The van der Waals surface area contributed by atoms with Crippen LogP contribution in [0.15, 0.2) is 4.42 Å². The summed E-state index contributed by atoms with van der Waals surface area (Å²) in [7, 11) is 0. The van der Waals surface area contributed by atoms with Gasteiger partial charge in [0, 0.05) is 20.0 Å². The van der Waals surface area contributed by atoms with Crippen LogP contribution < -0.4 is 5.73 Å². The Morgan fingerprint density at radius 1 is 1.47 bits per heavy atom. The molecule has 1 atom stereocenters. The van der Waals surface area contributed by atoms with Crippen LogP contribution in [-0.2, 0) is 0 Å². The highest BCUT2D eigenvalue weighted by atomic mass is 16.4. The molecule has 0 fully saturated rings. The highest BCUT2D eigenvalue weighted by Crippen LogP contribution is 2.23. The van der Waals surface area contributed by atoms with Gasteiger partial charge in [-0.3, -0.25) is 4.90 Å². The van der Waals surface area contributed by atoms with Crippen molar-refractivity contribution in [3.05, 3.63) is 17.3 Å². The molecule has 4 heteroatoms. The van der Waals surface area contributed by atoms with Gasteiger partial charge in [-0.2, -0.15) is 0 Å². The van der Waals surface area contributed by atoms with E-state index >= 15 is 0 Å². The Kier molecular flexibility index (Phi) is 4.29. The van der Waals surface area contributed by atoms with Crippen molar-refractivity contribution in [2.24, 2.45) is 5.73 Å². The lowest BCUT2D eigenvalue weighted by atomic mass is 10.2. The molecule has 0 saturated heterocycles. The largest absolute Gasteiger partial charge is 0.444 e. The van der Waals surface area contributed by atoms with Crippen molar-refractivity contribution in [2.45, 2.75) is 33.7 Å². The minimum atomic E-state index is 0.250. The Hall–Kier alpha value is -0.870. The first-order chi connectivity index (χ1) is 7.10. The Morgan fingerprint density at radius 2 is 2.13 bits per heavy atom. The lowest BCUT2D eigenvalue weighted by molar-refractivity contribution is 0.200. The summed E-state index contributed by atoms with van der Waals surface area (Å²) in [5, 5.41) is 0. The van der Waals surface area contributed by atoms with E-state index in [1.165, 1.54) is 0 Å². The summed E-state index contributed by atoms with van der Waals surface area (Å²) >= 11 is 0. The monoisotopic (exact) mass is 211 g/mol. The van der Waals surface area contributed by atoms with Crippen LogP contribution in [0.1, 0.15) is 37.2 Å². The average molecular weight is 211 g/mol. The van der Waals surface area contributed by atoms with E-state index in [1.54, 1.807) is 0 Å². The SMILES string of the molecule is CCN(CCN)C(C)c1oc(C)nc1C. The number of oxazole rings is 1. The standard InChI is InChI=1S/C11H21N3O/c1-5-14(7-6-12)9(3)11-8(2)13-10(4)15-11/h9H,5-7,12H2,1-4H3. The summed E-state index contributed by atoms with van der Waals surface area (Å²) in [6.07, 6.45) is 0. The fourth-order valence-electron chi connectivity index (χ4n) is 1.89. The maximum absolute atomic E-state index is 5.61. The third-order valence-electron chi connectivity index (χ3n) is 2.69. The minimum absolute atomic E-state index is 0.250. The Bertz CT molecular complexity index is 309. The minimum Gasteiger partial charge on any atom is -0.444 e. The first kappa shape index (κ1) is 12.2. The molecule has 1 rings (SSSR count). The number of rotatable bonds is 5. The van der Waals surface area contributed by atoms with Gasteiger partial charge in [0.25, 0.3) is 0 Å². The second-order valence-corrected chi connectivity index (χ2v) is 3.78. The lowest BCUT2D eigenvalue weighted by Crippen LogP contribution is -2.32. The van der Waals surface area contributed by atoms with Gasteiger partial charge in [0.05, 0.1) is 11.7 Å². The highest BCUT2D eigenvalue weighted by Gasteiger charge is 2.19. The first-order valence-electron chi connectivity index (χ1n) is 5.48. The second-order valence-electron chi connectivity index (χ2n) is 3.78. The molecule has 0 radical (unpaired) electrons. The zero-order valence-corrected chi connectivity index (χ0v) is 10.1. The van der Waals surface area contributed by atoms with Crippen molar-refractivity contribution < 1.29 is 4.42 Å². The number of hydrogen-bond donors (Lipinski definition) is 1. The number of nitrogens with zero attached hydrogens (tertiary/aromatic N) is 2. The van der Waals surface area contributed by atoms with Crippen LogP contribution in [0.2, 0.25) is 0 Å². The van der Waals surface area contributed by atoms with Gasteiger partial charge >= 0.3 is 0 Å². The third-order valence-corrected chi connectivity index (χ3v) is 2.69. The molecule has 0 aliphatic heterocycles. The van der Waals surface area contributed by atoms with Gasteiger partial charge in [0.15, 0.2) is 5.89 Å². The zero-order chi connectivity index (χ0) is 11.4. The smallest absolute Gasteiger partial charge is 0.191 e. The van der Waals surface area contributed by atoms with Crippen LogP contribution in [0.4, 0.5) is 0 Å². The quantitative estimate of drug-likeness (QED) is 0.804. The summed E-state index contributed by atoms with van der Waals surface area (Å²) in [6.45, 7) is 10.6. The molecule has 15 heavy (non-hydrogen) atoms. The van der Waals surface area contributed by atoms with Crippen LogP contribution in [-0.4, -0.2) is 29.5 Å². The van der Waals surface area contributed by atoms with Gasteiger partial charge in [-0.1, -0.05) is 6.92 Å². The molecule has 86 valence electrons. The fourth-order valence-corrected chi connectivity index (χ4v) is 1.89. The summed E-state index contributed by atoms with van der Waals surface area (Å²) in [4.78, 5) is 6.57. The first-order valence-corrected chi connectivity index (χ1v) is 5.48. The third kappa shape index (κ3) is 2.79. The van der Waals surface area contributed by atoms with Crippen molar-refractivity contribution in [2.75, 3.05) is 19.6 Å². The summed E-state index contributed by atoms with van der Waals surface area (Å²) in [5.41, 5.74) is 6.56. The van der Waals surface area contributed by atoms with E-state index in [0.29, 0.717) is 6.54 Å². The van der Waals surface area contributed by atoms with Crippen LogP contribution >= 0.6 is 0 Å². The van der Waals surface area contributed by atoms with Gasteiger partial charge in [-0.15, -0.1) is 0 Å². The fraction of sp³-hybridized carbons (Fsp3) is 0.727. The molecular weight excluding hydrogens is 190 g/mol. The molecule has 0 aromatic carbocycles. The topological polar surface area (TPSA) is 55.3 Å². The average Bonchev–Trinajstić information content (AvgIpc) is 2.53. The molecule has 0 bridgehead atoms.